The minimum absolute atomic E-state index is 0.0949. The maximum Gasteiger partial charge on any atom is 0.213 e. The van der Waals surface area contributed by atoms with Crippen LogP contribution in [-0.2, 0) is 4.79 Å². The summed E-state index contributed by atoms with van der Waals surface area (Å²) in [6.07, 6.45) is 2.70. The van der Waals surface area contributed by atoms with E-state index in [1.807, 2.05) is 6.92 Å². The monoisotopic (exact) mass is 173 g/mol. The molecular weight excluding hydrogens is 158 g/mol. The lowest BCUT2D eigenvalue weighted by Gasteiger charge is -2.13. The highest BCUT2D eigenvalue weighted by Crippen LogP contribution is 2.16. The van der Waals surface area contributed by atoms with Crippen LogP contribution in [0.3, 0.4) is 0 Å². The van der Waals surface area contributed by atoms with Gasteiger partial charge in [-0.2, -0.15) is 0 Å². The van der Waals surface area contributed by atoms with Gasteiger partial charge in [0.15, 0.2) is 0 Å². The third-order valence-corrected chi connectivity index (χ3v) is 2.07. The Labute approximate surface area is 72.1 Å². The van der Waals surface area contributed by atoms with Gasteiger partial charge in [0.1, 0.15) is 6.29 Å². The number of aldehydes is 1. The van der Waals surface area contributed by atoms with Crippen molar-refractivity contribution in [3.05, 3.63) is 10.1 Å². The molecule has 2 unspecified atom stereocenters. The number of rotatable bonds is 6. The van der Waals surface area contributed by atoms with Crippen LogP contribution in [0.4, 0.5) is 0 Å². The Morgan fingerprint density at radius 3 is 2.50 bits per heavy atom. The van der Waals surface area contributed by atoms with E-state index in [0.29, 0.717) is 6.42 Å². The fourth-order valence-corrected chi connectivity index (χ4v) is 1.22. The van der Waals surface area contributed by atoms with E-state index in [0.717, 1.165) is 19.1 Å². The van der Waals surface area contributed by atoms with E-state index in [1.54, 1.807) is 6.92 Å². The Morgan fingerprint density at radius 1 is 1.58 bits per heavy atom. The van der Waals surface area contributed by atoms with Gasteiger partial charge in [-0.25, -0.2) is 0 Å². The fraction of sp³-hybridized carbons (Fsp3) is 0.875. The zero-order valence-corrected chi connectivity index (χ0v) is 7.53. The van der Waals surface area contributed by atoms with Crippen LogP contribution in [0.1, 0.15) is 33.1 Å². The maximum absolute atomic E-state index is 10.4. The summed E-state index contributed by atoms with van der Waals surface area (Å²) >= 11 is 0. The Balaban J connectivity index is 4.07. The highest BCUT2D eigenvalue weighted by atomic mass is 16.6. The molecule has 0 saturated heterocycles. The summed E-state index contributed by atoms with van der Waals surface area (Å²) in [6, 6.07) is -0.602. The lowest BCUT2D eigenvalue weighted by molar-refractivity contribution is -0.527. The lowest BCUT2D eigenvalue weighted by Crippen LogP contribution is -2.26. The third-order valence-electron chi connectivity index (χ3n) is 2.07. The number of carbonyl (C=O) groups is 1. The van der Waals surface area contributed by atoms with Gasteiger partial charge in [-0.1, -0.05) is 13.3 Å². The van der Waals surface area contributed by atoms with Gasteiger partial charge in [-0.3, -0.25) is 10.1 Å². The van der Waals surface area contributed by atoms with E-state index in [9.17, 15) is 14.9 Å². The van der Waals surface area contributed by atoms with Crippen molar-refractivity contribution in [2.75, 3.05) is 0 Å². The Bertz CT molecular complexity index is 158. The van der Waals surface area contributed by atoms with Crippen LogP contribution in [0, 0.1) is 16.0 Å². The van der Waals surface area contributed by atoms with E-state index in [2.05, 4.69) is 0 Å². The van der Waals surface area contributed by atoms with Crippen LogP contribution in [-0.4, -0.2) is 17.3 Å². The lowest BCUT2D eigenvalue weighted by atomic mass is 9.94. The van der Waals surface area contributed by atoms with Crippen molar-refractivity contribution in [1.82, 2.24) is 0 Å². The summed E-state index contributed by atoms with van der Waals surface area (Å²) in [6.45, 7) is 3.52. The first-order valence-electron chi connectivity index (χ1n) is 4.20. The molecule has 0 spiro atoms. The van der Waals surface area contributed by atoms with E-state index in [-0.39, 0.29) is 10.8 Å². The summed E-state index contributed by atoms with van der Waals surface area (Å²) in [5.41, 5.74) is 0. The first-order chi connectivity index (χ1) is 5.63. The van der Waals surface area contributed by atoms with Gasteiger partial charge in [0.2, 0.25) is 6.04 Å². The third kappa shape index (κ3) is 3.46. The number of nitrogens with zero attached hydrogens (tertiary/aromatic N) is 1. The molecule has 0 radical (unpaired) electrons. The van der Waals surface area contributed by atoms with Crippen LogP contribution in [0.15, 0.2) is 0 Å². The zero-order chi connectivity index (χ0) is 9.56. The molecule has 0 aromatic rings. The molecule has 0 amide bonds. The summed E-state index contributed by atoms with van der Waals surface area (Å²) < 4.78 is 0. The standard InChI is InChI=1S/C8H15NO3/c1-3-4-8(5-6-10)7(2)9(11)12/h6-8H,3-5H2,1-2H3. The highest BCUT2D eigenvalue weighted by Gasteiger charge is 2.24. The normalized spacial score (nSPS) is 15.2. The van der Waals surface area contributed by atoms with Gasteiger partial charge in [0.05, 0.1) is 0 Å². The van der Waals surface area contributed by atoms with E-state index < -0.39 is 6.04 Å². The van der Waals surface area contributed by atoms with Crippen molar-refractivity contribution in [3.8, 4) is 0 Å². The fourth-order valence-electron chi connectivity index (χ4n) is 1.22. The van der Waals surface area contributed by atoms with Crippen LogP contribution in [0.2, 0.25) is 0 Å². The Morgan fingerprint density at radius 2 is 2.17 bits per heavy atom. The molecule has 0 aliphatic heterocycles. The molecule has 4 nitrogen and oxygen atoms in total. The van der Waals surface area contributed by atoms with Crippen LogP contribution in [0.5, 0.6) is 0 Å². The molecule has 0 fully saturated rings. The van der Waals surface area contributed by atoms with Gasteiger partial charge < -0.3 is 4.79 Å². The van der Waals surface area contributed by atoms with Crippen molar-refractivity contribution in [2.24, 2.45) is 5.92 Å². The van der Waals surface area contributed by atoms with Crippen LogP contribution in [0.25, 0.3) is 0 Å². The van der Waals surface area contributed by atoms with Gasteiger partial charge >= 0.3 is 0 Å². The quantitative estimate of drug-likeness (QED) is 0.348. The molecule has 0 aromatic carbocycles. The number of carbonyl (C=O) groups excluding carboxylic acids is 1. The molecule has 70 valence electrons. The smallest absolute Gasteiger partial charge is 0.213 e. The molecule has 0 aliphatic rings. The molecule has 2 atom stereocenters. The van der Waals surface area contributed by atoms with E-state index in [1.165, 1.54) is 0 Å². The average molecular weight is 173 g/mol. The van der Waals surface area contributed by atoms with E-state index in [4.69, 9.17) is 0 Å². The Kier molecular flexibility index (Phi) is 5.25. The molecule has 0 N–H and O–H groups in total. The molecule has 12 heavy (non-hydrogen) atoms. The average Bonchev–Trinajstić information content (AvgIpc) is 2.03. The van der Waals surface area contributed by atoms with Crippen LogP contribution >= 0.6 is 0 Å². The predicted octanol–water partition coefficient (Wildman–Crippen LogP) is 1.66. The van der Waals surface area contributed by atoms with Crippen molar-refractivity contribution in [2.45, 2.75) is 39.2 Å². The first-order valence-corrected chi connectivity index (χ1v) is 4.20. The number of hydrogen-bond acceptors (Lipinski definition) is 3. The first kappa shape index (κ1) is 11.1. The molecule has 0 aromatic heterocycles. The van der Waals surface area contributed by atoms with E-state index >= 15 is 0 Å². The molecular formula is C8H15NO3. The number of nitro groups is 1. The van der Waals surface area contributed by atoms with Gasteiger partial charge in [-0.05, 0) is 6.42 Å². The van der Waals surface area contributed by atoms with Gasteiger partial charge in [0, 0.05) is 24.2 Å². The SMILES string of the molecule is CCCC(CC=O)C(C)[N+](=O)[O-]. The van der Waals surface area contributed by atoms with Gasteiger partial charge in [-0.15, -0.1) is 0 Å². The summed E-state index contributed by atoms with van der Waals surface area (Å²) in [5.74, 6) is -0.0949. The highest BCUT2D eigenvalue weighted by molar-refractivity contribution is 5.49. The molecule has 4 heteroatoms. The minimum Gasteiger partial charge on any atom is -0.303 e. The predicted molar refractivity (Wildman–Crippen MR) is 45.5 cm³/mol. The zero-order valence-electron chi connectivity index (χ0n) is 7.53. The second kappa shape index (κ2) is 5.69. The Hall–Kier alpha value is -0.930. The second-order valence-electron chi connectivity index (χ2n) is 2.98. The molecule has 0 rings (SSSR count). The summed E-state index contributed by atoms with van der Waals surface area (Å²) in [5, 5.41) is 10.4. The molecule has 0 aliphatic carbocycles. The molecule has 0 heterocycles. The van der Waals surface area contributed by atoms with Crippen LogP contribution < -0.4 is 0 Å². The maximum atomic E-state index is 10.4. The minimum atomic E-state index is -0.602. The van der Waals surface area contributed by atoms with Crippen molar-refractivity contribution < 1.29 is 9.72 Å². The molecule has 0 bridgehead atoms. The summed E-state index contributed by atoms with van der Waals surface area (Å²) in [4.78, 5) is 20.3. The summed E-state index contributed by atoms with van der Waals surface area (Å²) in [7, 11) is 0. The number of hydrogen-bond donors (Lipinski definition) is 0. The second-order valence-corrected chi connectivity index (χ2v) is 2.98. The largest absolute Gasteiger partial charge is 0.303 e. The van der Waals surface area contributed by atoms with Crippen molar-refractivity contribution in [3.63, 3.8) is 0 Å². The topological polar surface area (TPSA) is 60.2 Å². The van der Waals surface area contributed by atoms with Gasteiger partial charge in [0.25, 0.3) is 0 Å². The molecule has 0 saturated carbocycles. The van der Waals surface area contributed by atoms with Crippen molar-refractivity contribution >= 4 is 6.29 Å². The van der Waals surface area contributed by atoms with Crippen molar-refractivity contribution in [1.29, 1.82) is 0 Å².